The normalized spacial score (nSPS) is 28.7. The molecule has 16 heterocycles. The molecule has 18 rings (SSSR count). The molecule has 8 aromatic heterocycles. The highest BCUT2D eigenvalue weighted by Gasteiger charge is 2.54. The number of ether oxygens (including phenoxy) is 8. The van der Waals surface area contributed by atoms with Crippen LogP contribution >= 0.6 is 57.5 Å². The quantitative estimate of drug-likeness (QED) is 0.0256. The molecule has 2 saturated carbocycles. The molecule has 57 heteroatoms. The maximum Gasteiger partial charge on any atom is 0.323 e. The Morgan fingerprint density at radius 3 is 1.23 bits per heavy atom. The van der Waals surface area contributed by atoms with Crippen molar-refractivity contribution in [2.24, 2.45) is 23.3 Å². The summed E-state index contributed by atoms with van der Waals surface area (Å²) in [6, 6.07) is -0.979. The van der Waals surface area contributed by atoms with Gasteiger partial charge in [-0.1, -0.05) is 118 Å². The van der Waals surface area contributed by atoms with Crippen LogP contribution in [0.5, 0.6) is 5.88 Å². The van der Waals surface area contributed by atoms with Crippen molar-refractivity contribution in [3.8, 4) is 5.88 Å². The van der Waals surface area contributed by atoms with Crippen molar-refractivity contribution in [2.45, 2.75) is 242 Å². The number of methoxy groups -OCH3 is 1. The Hall–Kier alpha value is -9.61. The molecule has 6 saturated heterocycles. The molecule has 8 aromatic rings. The Kier molecular flexibility index (Phi) is 31.8. The van der Waals surface area contributed by atoms with Crippen LogP contribution in [0.15, 0.2) is 47.4 Å². The molecule has 23 atom stereocenters. The molecule has 1 unspecified atom stereocenters. The smallest absolute Gasteiger partial charge is 0.323 e. The third-order valence-corrected chi connectivity index (χ3v) is 28.8. The molecule has 740 valence electrons. The van der Waals surface area contributed by atoms with Gasteiger partial charge in [-0.15, -0.1) is 0 Å². The molecule has 0 radical (unpaired) electrons. The number of fused-ring (bicyclic) bond motifs is 5. The van der Waals surface area contributed by atoms with Crippen molar-refractivity contribution in [3.63, 3.8) is 0 Å². The first-order valence-electron chi connectivity index (χ1n) is 43.2. The molecule has 0 aromatic carbocycles. The average molecular weight is 1990 g/mol. The molecule has 0 amide bonds. The van der Waals surface area contributed by atoms with Crippen LogP contribution in [-0.4, -0.2) is 337 Å². The fourth-order valence-electron chi connectivity index (χ4n) is 16.1. The predicted molar refractivity (Wildman–Crippen MR) is 493 cm³/mol. The fraction of sp³-hybridized carbons (Fsp3) is 0.628. The van der Waals surface area contributed by atoms with E-state index < -0.39 is 181 Å². The van der Waals surface area contributed by atoms with E-state index in [1.165, 1.54) is 44.7 Å². The summed E-state index contributed by atoms with van der Waals surface area (Å²) < 4.78 is 48.8. The van der Waals surface area contributed by atoms with Crippen molar-refractivity contribution in [3.05, 3.63) is 52.2 Å². The molecular weight excluding hydrogens is 1880 g/mol. The van der Waals surface area contributed by atoms with Crippen molar-refractivity contribution in [2.75, 3.05) is 126 Å². The maximum absolute atomic E-state index is 12.6. The van der Waals surface area contributed by atoms with Crippen molar-refractivity contribution < 1.29 is 114 Å². The largest absolute Gasteiger partial charge is 0.480 e. The number of hydrogen-bond acceptors (Lipinski definition) is 54. The van der Waals surface area contributed by atoms with Gasteiger partial charge in [0.05, 0.1) is 41.9 Å². The highest BCUT2D eigenvalue weighted by molar-refractivity contribution is 8.04. The zero-order chi connectivity index (χ0) is 97.6. The van der Waals surface area contributed by atoms with Gasteiger partial charge >= 0.3 is 26.6 Å². The van der Waals surface area contributed by atoms with Gasteiger partial charge in [0.25, 0.3) is 0 Å². The van der Waals surface area contributed by atoms with Crippen LogP contribution in [0.3, 0.4) is 0 Å². The molecule has 29 N–H and O–H groups in total. The van der Waals surface area contributed by atoms with Crippen molar-refractivity contribution >= 4 is 165 Å². The van der Waals surface area contributed by atoms with Crippen LogP contribution in [0.2, 0.25) is 0 Å². The van der Waals surface area contributed by atoms with Gasteiger partial charge in [0.1, 0.15) is 142 Å². The van der Waals surface area contributed by atoms with Crippen LogP contribution in [0.1, 0.15) is 104 Å². The van der Waals surface area contributed by atoms with Gasteiger partial charge in [-0.05, 0) is 50.4 Å². The maximum atomic E-state index is 12.6. The van der Waals surface area contributed by atoms with E-state index >= 15 is 0 Å². The first-order valence-corrected chi connectivity index (χ1v) is 47.3. The second kappa shape index (κ2) is 42.4. The standard InChI is InChI=1S/C19H30N6O5S.C17H25N5O6S.C15H21N5O5S.C14H19N5O5S.C13H17N5O5S/c1-6-8(2)11(20)18(28)29-7-10-12(26)13(27)17(30-10)25-9(3)31-14-15(24(4)5)22-19(21)23-16(14)25;1-6(2)9(18)16(25)27-5-8-10(23)11(24)15(28-8)22-7(3)29-12-13(22)20-17(19)21-14(12)26-4;16-14-18-11(17-6-3-1-2-4-6)10-12(19-14)20(15(24)26-10)13-9(23)8(22)7(5-21)25-13;15-13-16-10(18-3-1-2-4-18)9-11(17-13)19(14(23)25-9)12-8(22)7(21)6(5-20)24-12;14-12-16-9(15-4-1-2-4)8-10(17-12)18(13(22)24-8)11-7(21)6(20)5(3-19)23-11/h8,10-13,17,26-27H,3,6-7,20H2,1-2,4-5H3,(H2,21,22,23);6,8-11,15,23-24H,3,5,18H2,1-2,4H3,(H2,19,20,21);6-9,13,21-23H,1-5H2,(H3,16,17,18,19);6-8,12,20-22H,1-5H2,(H2,15,16,17);4-7,11,19-21H,1-3H2,(H3,14,15,16,17)/t8?,10-,11+,12-,13-,17-;8-,9+,10-,11-,15-;7-,8-,9-,13-;6-,7-,8-,12-;5-,6-,7-,11-/m11111/s1. The molecule has 8 fully saturated rings. The predicted octanol–water partition coefficient (Wildman–Crippen LogP) is -4.04. The highest BCUT2D eigenvalue weighted by Crippen LogP contribution is 2.53. The number of carbonyl (C=O) groups excluding carboxylic acids is 2. The molecule has 52 nitrogen and oxygen atoms in total. The summed E-state index contributed by atoms with van der Waals surface area (Å²) in [5.41, 5.74) is 41.4. The number of aliphatic hydroxyl groups excluding tert-OH is 13. The van der Waals surface area contributed by atoms with Gasteiger partial charge in [-0.3, -0.25) is 47.5 Å². The number of nitrogen functional groups attached to an aromatic ring is 5. The average Bonchev–Trinajstić information content (AvgIpc) is 1.57. The second-order valence-corrected chi connectivity index (χ2v) is 38.9. The summed E-state index contributed by atoms with van der Waals surface area (Å²) in [4.78, 5) is 111. The van der Waals surface area contributed by atoms with Gasteiger partial charge in [-0.25, -0.2) is 0 Å². The van der Waals surface area contributed by atoms with Gasteiger partial charge in [0.15, 0.2) is 77.2 Å². The van der Waals surface area contributed by atoms with E-state index in [-0.39, 0.29) is 83.7 Å². The third-order valence-electron chi connectivity index (χ3n) is 24.0. The van der Waals surface area contributed by atoms with Crippen LogP contribution in [0.25, 0.3) is 31.0 Å². The van der Waals surface area contributed by atoms with E-state index in [1.54, 1.807) is 23.6 Å². The molecule has 2 aliphatic carbocycles. The number of esters is 2. The second-order valence-electron chi connectivity index (χ2n) is 33.8. The van der Waals surface area contributed by atoms with Crippen LogP contribution in [-0.2, 0) is 42.7 Å². The first kappa shape index (κ1) is 101. The van der Waals surface area contributed by atoms with Crippen molar-refractivity contribution in [1.29, 1.82) is 0 Å². The summed E-state index contributed by atoms with van der Waals surface area (Å²) in [7, 11) is 5.10. The Morgan fingerprint density at radius 1 is 0.474 bits per heavy atom. The summed E-state index contributed by atoms with van der Waals surface area (Å²) >= 11 is 5.33. The Morgan fingerprint density at radius 2 is 0.830 bits per heavy atom. The number of thiazole rings is 3. The lowest BCUT2D eigenvalue weighted by Crippen LogP contribution is -2.42. The van der Waals surface area contributed by atoms with E-state index in [9.17, 15) is 90.4 Å². The topological polar surface area (TPSA) is 785 Å². The highest BCUT2D eigenvalue weighted by atomic mass is 32.2. The molecule has 0 spiro atoms. The molecule has 135 heavy (non-hydrogen) atoms. The third kappa shape index (κ3) is 20.8. The fourth-order valence-corrected chi connectivity index (χ4v) is 20.9. The number of thioether (sulfide) groups is 2. The monoisotopic (exact) mass is 1990 g/mol. The minimum absolute atomic E-state index is 0.00343. The van der Waals surface area contributed by atoms with E-state index in [1.807, 2.05) is 27.9 Å². The number of aliphatic hydroxyl groups is 13. The van der Waals surface area contributed by atoms with Gasteiger partial charge < -0.3 is 165 Å². The Bertz CT molecular complexity index is 5810. The van der Waals surface area contributed by atoms with Crippen molar-refractivity contribution in [1.82, 2.24) is 63.5 Å². The number of anilines is 11. The number of nitrogens with one attached hydrogen (secondary N) is 2. The number of carbonyl (C=O) groups is 2. The molecule has 10 aliphatic rings. The van der Waals surface area contributed by atoms with Crippen LogP contribution in [0.4, 0.5) is 64.6 Å². The Balaban J connectivity index is 0.000000136. The Labute approximate surface area is 788 Å². The van der Waals surface area contributed by atoms with Gasteiger partial charge in [0, 0.05) is 39.3 Å². The molecular formula is C78H112N26O26S5. The summed E-state index contributed by atoms with van der Waals surface area (Å²) in [6.07, 6.45) is -14.3. The number of rotatable bonds is 24. The summed E-state index contributed by atoms with van der Waals surface area (Å²) in [5, 5.41) is 138. The lowest BCUT2D eigenvalue weighted by molar-refractivity contribution is -0.152. The van der Waals surface area contributed by atoms with E-state index in [4.69, 9.17) is 78.0 Å². The van der Waals surface area contributed by atoms with E-state index in [0.29, 0.717) is 74.9 Å². The molecule has 8 aliphatic heterocycles. The van der Waals surface area contributed by atoms with Gasteiger partial charge in [-0.2, -0.15) is 49.8 Å². The van der Waals surface area contributed by atoms with E-state index in [0.717, 1.165) is 109 Å². The SMILES string of the molecule is C=C1Sc2c(N(C)C)nc(N)nc2N1[C@@H]1O[C@H](COC(=O)[C@@H](N)C(C)CC)[C@@H](O)[C@H]1O.C=C1Sc2c(OC)nc(N)nc2N1[C@@H]1O[C@H](COC(=O)[C@@H](N)C(C)C)[C@@H](O)[C@H]1O.Nc1nc(N2CCCC2)c2sc(=O)n([C@@H]3O[C@H](CO)[C@@H](O)[C@H]3O)c2n1.Nc1nc(NC2CC2)c2sc(=O)n([C@@H]3O[C@H](CO)[C@@H](O)[C@H]3O)c2n1.Nc1nc(NC2CCCC2)c2sc(=O)n([C@@H]3O[C@H](CO)[C@@H](O)[C@H]3O)c2n1. The zero-order valence-corrected chi connectivity index (χ0v) is 78.1. The van der Waals surface area contributed by atoms with Crippen LogP contribution < -0.4 is 89.7 Å². The number of hydrogen-bond donors (Lipinski definition) is 22. The number of aromatic nitrogens is 13. The minimum atomic E-state index is -1.37. The lowest BCUT2D eigenvalue weighted by atomic mass is 10.0. The van der Waals surface area contributed by atoms with Gasteiger partial charge in [0.2, 0.25) is 35.6 Å². The van der Waals surface area contributed by atoms with E-state index in [2.05, 4.69) is 78.5 Å². The number of nitrogens with zero attached hydrogens (tertiary/aromatic N) is 17. The zero-order valence-electron chi connectivity index (χ0n) is 74.0. The van der Waals surface area contributed by atoms with Crippen LogP contribution in [0, 0.1) is 11.8 Å². The minimum Gasteiger partial charge on any atom is -0.480 e. The summed E-state index contributed by atoms with van der Waals surface area (Å²) in [5.74, 6) is 1.93. The lowest BCUT2D eigenvalue weighted by Gasteiger charge is -2.28. The summed E-state index contributed by atoms with van der Waals surface area (Å²) in [6.45, 7) is 15.1. The number of nitrogens with two attached hydrogens (primary N) is 7. The first-order chi connectivity index (χ1) is 64.2. The molecule has 0 bridgehead atoms.